The van der Waals surface area contributed by atoms with Crippen molar-refractivity contribution in [2.45, 2.75) is 26.8 Å². The van der Waals surface area contributed by atoms with Gasteiger partial charge in [0.15, 0.2) is 0 Å². The highest BCUT2D eigenvalue weighted by Gasteiger charge is 2.16. The molecule has 1 nitrogen and oxygen atoms in total. The molecule has 18 heavy (non-hydrogen) atoms. The highest BCUT2D eigenvalue weighted by Crippen LogP contribution is 2.30. The van der Waals surface area contributed by atoms with Gasteiger partial charge in [0.1, 0.15) is 5.82 Å². The normalized spacial score (nSPS) is 12.7. The monoisotopic (exact) mass is 263 g/mol. The second kappa shape index (κ2) is 5.53. The lowest BCUT2D eigenvalue weighted by molar-refractivity contribution is 0.553. The molecule has 0 saturated heterocycles. The maximum Gasteiger partial charge on any atom is 0.126 e. The molecule has 0 bridgehead atoms. The smallest absolute Gasteiger partial charge is 0.126 e. The molecule has 1 N–H and O–H groups in total. The van der Waals surface area contributed by atoms with Crippen LogP contribution in [0.3, 0.4) is 0 Å². The van der Waals surface area contributed by atoms with Gasteiger partial charge < -0.3 is 5.32 Å². The van der Waals surface area contributed by atoms with E-state index < -0.39 is 0 Å². The minimum Gasteiger partial charge on any atom is -0.377 e. The van der Waals surface area contributed by atoms with Crippen LogP contribution < -0.4 is 5.32 Å². The molecule has 0 spiro atoms. The zero-order valence-corrected chi connectivity index (χ0v) is 11.7. The van der Waals surface area contributed by atoms with E-state index in [-0.39, 0.29) is 11.9 Å². The number of thiophene rings is 1. The summed E-state index contributed by atoms with van der Waals surface area (Å²) in [5.74, 6) is 0.326. The standard InChI is InChI=1S/C15H18FNS/c1-10(2)15(14-5-4-8-18-14)17-12-6-7-13(16)11(3)9-12/h4-10,15,17H,1-3H3. The van der Waals surface area contributed by atoms with E-state index in [9.17, 15) is 4.39 Å². The van der Waals surface area contributed by atoms with Crippen LogP contribution in [0.5, 0.6) is 0 Å². The van der Waals surface area contributed by atoms with Crippen molar-refractivity contribution in [3.05, 3.63) is 52.0 Å². The molecule has 2 aromatic rings. The van der Waals surface area contributed by atoms with E-state index in [1.165, 1.54) is 10.9 Å². The van der Waals surface area contributed by atoms with Crippen LogP contribution in [-0.4, -0.2) is 0 Å². The fourth-order valence-corrected chi connectivity index (χ4v) is 2.90. The number of halogens is 1. The van der Waals surface area contributed by atoms with Gasteiger partial charge in [-0.3, -0.25) is 0 Å². The lowest BCUT2D eigenvalue weighted by atomic mass is 10.0. The van der Waals surface area contributed by atoms with Gasteiger partial charge in [0.2, 0.25) is 0 Å². The van der Waals surface area contributed by atoms with Crippen molar-refractivity contribution in [1.82, 2.24) is 0 Å². The van der Waals surface area contributed by atoms with Crippen LogP contribution in [0.2, 0.25) is 0 Å². The molecule has 0 radical (unpaired) electrons. The first-order valence-corrected chi connectivity index (χ1v) is 7.02. The zero-order chi connectivity index (χ0) is 13.1. The second-order valence-electron chi connectivity index (χ2n) is 4.85. The average molecular weight is 263 g/mol. The maximum absolute atomic E-state index is 13.2. The molecule has 0 aliphatic heterocycles. The van der Waals surface area contributed by atoms with E-state index in [2.05, 4.69) is 36.7 Å². The molecule has 0 saturated carbocycles. The molecule has 0 aliphatic carbocycles. The highest BCUT2D eigenvalue weighted by atomic mass is 32.1. The number of anilines is 1. The lowest BCUT2D eigenvalue weighted by Gasteiger charge is -2.22. The van der Waals surface area contributed by atoms with Crippen LogP contribution in [0.1, 0.15) is 30.3 Å². The molecule has 1 unspecified atom stereocenters. The summed E-state index contributed by atoms with van der Waals surface area (Å²) >= 11 is 1.75. The molecule has 2 rings (SSSR count). The van der Waals surface area contributed by atoms with Crippen LogP contribution in [-0.2, 0) is 0 Å². The molecular formula is C15H18FNS. The summed E-state index contributed by atoms with van der Waals surface area (Å²) in [6.07, 6.45) is 0. The SMILES string of the molecule is Cc1cc(NC(c2cccs2)C(C)C)ccc1F. The molecule has 0 fully saturated rings. The summed E-state index contributed by atoms with van der Waals surface area (Å²) < 4.78 is 13.2. The molecule has 0 aliphatic rings. The Morgan fingerprint density at radius 1 is 1.22 bits per heavy atom. The van der Waals surface area contributed by atoms with Gasteiger partial charge in [-0.25, -0.2) is 4.39 Å². The van der Waals surface area contributed by atoms with Gasteiger partial charge in [0.25, 0.3) is 0 Å². The Morgan fingerprint density at radius 3 is 2.56 bits per heavy atom. The minimum absolute atomic E-state index is 0.155. The molecule has 1 atom stereocenters. The Balaban J connectivity index is 2.21. The summed E-state index contributed by atoms with van der Waals surface area (Å²) in [5.41, 5.74) is 1.65. The van der Waals surface area contributed by atoms with Gasteiger partial charge in [0, 0.05) is 10.6 Å². The molecule has 1 aromatic carbocycles. The van der Waals surface area contributed by atoms with E-state index in [1.54, 1.807) is 24.3 Å². The van der Waals surface area contributed by atoms with E-state index in [4.69, 9.17) is 0 Å². The van der Waals surface area contributed by atoms with Gasteiger partial charge in [0.05, 0.1) is 6.04 Å². The van der Waals surface area contributed by atoms with Gasteiger partial charge in [-0.15, -0.1) is 11.3 Å². The number of rotatable bonds is 4. The van der Waals surface area contributed by atoms with Crippen molar-refractivity contribution in [3.8, 4) is 0 Å². The summed E-state index contributed by atoms with van der Waals surface area (Å²) in [7, 11) is 0. The van der Waals surface area contributed by atoms with Crippen LogP contribution >= 0.6 is 11.3 Å². The van der Waals surface area contributed by atoms with Crippen LogP contribution in [0.25, 0.3) is 0 Å². The predicted molar refractivity (Wildman–Crippen MR) is 76.7 cm³/mol. The second-order valence-corrected chi connectivity index (χ2v) is 5.82. The number of aryl methyl sites for hydroxylation is 1. The third-order valence-corrected chi connectivity index (χ3v) is 3.95. The lowest BCUT2D eigenvalue weighted by Crippen LogP contribution is -2.15. The van der Waals surface area contributed by atoms with Crippen molar-refractivity contribution in [3.63, 3.8) is 0 Å². The third-order valence-electron chi connectivity index (χ3n) is 3.00. The molecule has 96 valence electrons. The fraction of sp³-hybridized carbons (Fsp3) is 0.333. The van der Waals surface area contributed by atoms with Gasteiger partial charge >= 0.3 is 0 Å². The Morgan fingerprint density at radius 2 is 2.00 bits per heavy atom. The maximum atomic E-state index is 13.2. The van der Waals surface area contributed by atoms with E-state index in [1.807, 2.05) is 6.07 Å². The van der Waals surface area contributed by atoms with E-state index >= 15 is 0 Å². The minimum atomic E-state index is -0.155. The number of benzene rings is 1. The molecule has 3 heteroatoms. The van der Waals surface area contributed by atoms with Crippen LogP contribution in [0.4, 0.5) is 10.1 Å². The van der Waals surface area contributed by atoms with Crippen molar-refractivity contribution in [2.75, 3.05) is 5.32 Å². The van der Waals surface area contributed by atoms with Crippen molar-refractivity contribution in [2.24, 2.45) is 5.92 Å². The summed E-state index contributed by atoms with van der Waals surface area (Å²) in [4.78, 5) is 1.31. The first-order chi connectivity index (χ1) is 8.58. The Bertz CT molecular complexity index is 505. The quantitative estimate of drug-likeness (QED) is 0.818. The molecule has 0 amide bonds. The fourth-order valence-electron chi connectivity index (χ4n) is 1.95. The van der Waals surface area contributed by atoms with Crippen molar-refractivity contribution < 1.29 is 4.39 Å². The zero-order valence-electron chi connectivity index (χ0n) is 10.9. The number of hydrogen-bond donors (Lipinski definition) is 1. The third kappa shape index (κ3) is 2.91. The van der Waals surface area contributed by atoms with E-state index in [0.29, 0.717) is 11.5 Å². The largest absolute Gasteiger partial charge is 0.377 e. The molecule has 1 aromatic heterocycles. The number of hydrogen-bond acceptors (Lipinski definition) is 2. The molecule has 1 heterocycles. The Kier molecular flexibility index (Phi) is 4.02. The summed E-state index contributed by atoms with van der Waals surface area (Å²) in [6, 6.07) is 9.65. The van der Waals surface area contributed by atoms with Crippen molar-refractivity contribution >= 4 is 17.0 Å². The predicted octanol–water partition coefficient (Wildman–Crippen LogP) is 5.00. The van der Waals surface area contributed by atoms with Gasteiger partial charge in [-0.2, -0.15) is 0 Å². The Hall–Kier alpha value is -1.35. The van der Waals surface area contributed by atoms with Crippen molar-refractivity contribution in [1.29, 1.82) is 0 Å². The first-order valence-electron chi connectivity index (χ1n) is 6.14. The summed E-state index contributed by atoms with van der Waals surface area (Å²) in [5, 5.41) is 5.58. The number of nitrogens with one attached hydrogen (secondary N) is 1. The summed E-state index contributed by atoms with van der Waals surface area (Å²) in [6.45, 7) is 6.16. The van der Waals surface area contributed by atoms with Crippen LogP contribution in [0.15, 0.2) is 35.7 Å². The first kappa shape index (κ1) is 13.1. The molecular weight excluding hydrogens is 245 g/mol. The van der Waals surface area contributed by atoms with Gasteiger partial charge in [-0.05, 0) is 48.1 Å². The van der Waals surface area contributed by atoms with Crippen LogP contribution in [0, 0.1) is 18.7 Å². The highest BCUT2D eigenvalue weighted by molar-refractivity contribution is 7.10. The van der Waals surface area contributed by atoms with Gasteiger partial charge in [-0.1, -0.05) is 19.9 Å². The Labute approximate surface area is 112 Å². The topological polar surface area (TPSA) is 12.0 Å². The van der Waals surface area contributed by atoms with E-state index in [0.717, 1.165) is 5.69 Å². The average Bonchev–Trinajstić information content (AvgIpc) is 2.83.